The number of aryl methyl sites for hydroxylation is 2. The van der Waals surface area contributed by atoms with Crippen LogP contribution in [0.1, 0.15) is 22.3 Å². The van der Waals surface area contributed by atoms with E-state index in [1.165, 1.54) is 0 Å². The summed E-state index contributed by atoms with van der Waals surface area (Å²) in [6.45, 7) is 5.42. The van der Waals surface area contributed by atoms with E-state index in [1.54, 1.807) is 6.20 Å². The van der Waals surface area contributed by atoms with Crippen LogP contribution in [0.25, 0.3) is 11.0 Å². The highest BCUT2D eigenvalue weighted by atomic mass is 16.6. The third kappa shape index (κ3) is 3.80. The Kier molecular flexibility index (Phi) is 4.80. The first kappa shape index (κ1) is 17.2. The van der Waals surface area contributed by atoms with E-state index in [0.29, 0.717) is 19.0 Å². The summed E-state index contributed by atoms with van der Waals surface area (Å²) < 4.78 is 10.9. The van der Waals surface area contributed by atoms with E-state index < -0.39 is 0 Å². The van der Waals surface area contributed by atoms with Gasteiger partial charge in [0.2, 0.25) is 5.88 Å². The maximum absolute atomic E-state index is 6.14. The SMILES string of the molecule is Cc1cccc(C)c1Oc1ncccc1CNCc1ccc2nonc2c1. The number of aromatic nitrogens is 3. The van der Waals surface area contributed by atoms with Crippen molar-refractivity contribution < 1.29 is 9.37 Å². The van der Waals surface area contributed by atoms with E-state index >= 15 is 0 Å². The van der Waals surface area contributed by atoms with Crippen molar-refractivity contribution in [1.82, 2.24) is 20.6 Å². The van der Waals surface area contributed by atoms with Crippen LogP contribution < -0.4 is 10.1 Å². The van der Waals surface area contributed by atoms with Crippen LogP contribution >= 0.6 is 0 Å². The first-order valence-electron chi connectivity index (χ1n) is 8.80. The standard InChI is InChI=1S/C21H20N4O2/c1-14-5-3-6-15(2)20(14)26-21-17(7-4-10-23-21)13-22-12-16-8-9-18-19(11-16)25-27-24-18/h3-11,22H,12-13H2,1-2H3. The molecule has 0 bridgehead atoms. The number of para-hydroxylation sites is 1. The van der Waals surface area contributed by atoms with Crippen molar-refractivity contribution in [3.05, 3.63) is 77.0 Å². The fourth-order valence-electron chi connectivity index (χ4n) is 2.99. The Labute approximate surface area is 157 Å². The molecule has 2 aromatic carbocycles. The molecule has 4 aromatic rings. The molecule has 0 atom stereocenters. The second-order valence-electron chi connectivity index (χ2n) is 6.48. The number of fused-ring (bicyclic) bond motifs is 1. The Bertz CT molecular complexity index is 1050. The summed E-state index contributed by atoms with van der Waals surface area (Å²) in [6, 6.07) is 15.9. The molecule has 0 amide bonds. The van der Waals surface area contributed by atoms with E-state index in [0.717, 1.165) is 39.0 Å². The molecule has 0 aliphatic carbocycles. The van der Waals surface area contributed by atoms with Crippen molar-refractivity contribution in [3.63, 3.8) is 0 Å². The molecule has 0 saturated heterocycles. The molecule has 0 aliphatic heterocycles. The van der Waals surface area contributed by atoms with Crippen LogP contribution in [0.3, 0.4) is 0 Å². The van der Waals surface area contributed by atoms with Gasteiger partial charge in [0.1, 0.15) is 16.8 Å². The first-order chi connectivity index (χ1) is 13.2. The third-order valence-electron chi connectivity index (χ3n) is 4.42. The monoisotopic (exact) mass is 360 g/mol. The average molecular weight is 360 g/mol. The zero-order chi connectivity index (χ0) is 18.6. The molecule has 27 heavy (non-hydrogen) atoms. The molecule has 0 spiro atoms. The molecule has 4 rings (SSSR count). The van der Waals surface area contributed by atoms with Gasteiger partial charge in [-0.2, -0.15) is 0 Å². The zero-order valence-corrected chi connectivity index (χ0v) is 15.3. The molecule has 0 fully saturated rings. The normalized spacial score (nSPS) is 11.0. The van der Waals surface area contributed by atoms with Gasteiger partial charge in [-0.1, -0.05) is 30.3 Å². The Hall–Kier alpha value is -3.25. The highest BCUT2D eigenvalue weighted by Crippen LogP contribution is 2.29. The second kappa shape index (κ2) is 7.55. The second-order valence-corrected chi connectivity index (χ2v) is 6.48. The van der Waals surface area contributed by atoms with Gasteiger partial charge in [0.25, 0.3) is 0 Å². The lowest BCUT2D eigenvalue weighted by Crippen LogP contribution is -2.13. The predicted octanol–water partition coefficient (Wildman–Crippen LogP) is 4.32. The Morgan fingerprint density at radius 2 is 1.74 bits per heavy atom. The average Bonchev–Trinajstić information content (AvgIpc) is 3.14. The van der Waals surface area contributed by atoms with Crippen molar-refractivity contribution >= 4 is 11.0 Å². The van der Waals surface area contributed by atoms with Gasteiger partial charge >= 0.3 is 0 Å². The maximum Gasteiger partial charge on any atom is 0.223 e. The molecule has 0 aliphatic rings. The molecule has 1 N–H and O–H groups in total. The summed E-state index contributed by atoms with van der Waals surface area (Å²) >= 11 is 0. The van der Waals surface area contributed by atoms with Gasteiger partial charge in [-0.25, -0.2) is 9.61 Å². The number of ether oxygens (including phenoxy) is 1. The van der Waals surface area contributed by atoms with Gasteiger partial charge in [0.15, 0.2) is 0 Å². The summed E-state index contributed by atoms with van der Waals surface area (Å²) in [5.41, 5.74) is 5.82. The summed E-state index contributed by atoms with van der Waals surface area (Å²) in [5.74, 6) is 1.49. The Morgan fingerprint density at radius 3 is 2.59 bits per heavy atom. The van der Waals surface area contributed by atoms with E-state index in [1.807, 2.05) is 62.4 Å². The van der Waals surface area contributed by atoms with Crippen molar-refractivity contribution in [3.8, 4) is 11.6 Å². The van der Waals surface area contributed by atoms with Gasteiger partial charge in [0.05, 0.1) is 0 Å². The van der Waals surface area contributed by atoms with E-state index in [9.17, 15) is 0 Å². The van der Waals surface area contributed by atoms with Crippen LogP contribution in [0, 0.1) is 13.8 Å². The highest BCUT2D eigenvalue weighted by Gasteiger charge is 2.10. The van der Waals surface area contributed by atoms with E-state index in [4.69, 9.17) is 9.37 Å². The van der Waals surface area contributed by atoms with Crippen molar-refractivity contribution in [2.24, 2.45) is 0 Å². The van der Waals surface area contributed by atoms with Crippen molar-refractivity contribution in [2.75, 3.05) is 0 Å². The zero-order valence-electron chi connectivity index (χ0n) is 15.3. The van der Waals surface area contributed by atoms with E-state index in [-0.39, 0.29) is 0 Å². The van der Waals surface area contributed by atoms with Gasteiger partial charge < -0.3 is 10.1 Å². The van der Waals surface area contributed by atoms with E-state index in [2.05, 4.69) is 20.6 Å². The summed E-state index contributed by atoms with van der Waals surface area (Å²) in [6.07, 6.45) is 1.75. The van der Waals surface area contributed by atoms with Crippen LogP contribution in [0.15, 0.2) is 59.4 Å². The molecular weight excluding hydrogens is 340 g/mol. The first-order valence-corrected chi connectivity index (χ1v) is 8.80. The summed E-state index contributed by atoms with van der Waals surface area (Å²) in [5, 5.41) is 11.1. The van der Waals surface area contributed by atoms with Crippen LogP contribution in [-0.2, 0) is 13.1 Å². The number of nitrogens with zero attached hydrogens (tertiary/aromatic N) is 3. The number of rotatable bonds is 6. The summed E-state index contributed by atoms with van der Waals surface area (Å²) in [4.78, 5) is 4.42. The number of benzene rings is 2. The van der Waals surface area contributed by atoms with Crippen LogP contribution in [-0.4, -0.2) is 15.3 Å². The molecule has 136 valence electrons. The van der Waals surface area contributed by atoms with Gasteiger partial charge in [0, 0.05) is 24.8 Å². The number of hydrogen-bond acceptors (Lipinski definition) is 6. The molecular formula is C21H20N4O2. The topological polar surface area (TPSA) is 73.1 Å². The smallest absolute Gasteiger partial charge is 0.223 e. The minimum atomic E-state index is 0.624. The van der Waals surface area contributed by atoms with Gasteiger partial charge in [-0.3, -0.25) is 0 Å². The fourth-order valence-corrected chi connectivity index (χ4v) is 2.99. The van der Waals surface area contributed by atoms with Gasteiger partial charge in [-0.15, -0.1) is 0 Å². The Morgan fingerprint density at radius 1 is 0.926 bits per heavy atom. The molecule has 6 nitrogen and oxygen atoms in total. The third-order valence-corrected chi connectivity index (χ3v) is 4.42. The van der Waals surface area contributed by atoms with Crippen LogP contribution in [0.2, 0.25) is 0 Å². The fraction of sp³-hybridized carbons (Fsp3) is 0.190. The lowest BCUT2D eigenvalue weighted by Gasteiger charge is -2.14. The number of pyridine rings is 1. The molecule has 0 saturated carbocycles. The minimum Gasteiger partial charge on any atom is -0.438 e. The lowest BCUT2D eigenvalue weighted by molar-refractivity contribution is 0.315. The molecule has 2 aromatic heterocycles. The lowest BCUT2D eigenvalue weighted by atomic mass is 10.1. The quantitative estimate of drug-likeness (QED) is 0.552. The number of nitrogens with one attached hydrogen (secondary N) is 1. The molecule has 6 heteroatoms. The van der Waals surface area contributed by atoms with Crippen LogP contribution in [0.4, 0.5) is 0 Å². The maximum atomic E-state index is 6.14. The largest absolute Gasteiger partial charge is 0.438 e. The predicted molar refractivity (Wildman–Crippen MR) is 103 cm³/mol. The molecule has 0 unspecified atom stereocenters. The van der Waals surface area contributed by atoms with Crippen LogP contribution in [0.5, 0.6) is 11.6 Å². The van der Waals surface area contributed by atoms with Crippen molar-refractivity contribution in [2.45, 2.75) is 26.9 Å². The molecule has 0 radical (unpaired) electrons. The molecule has 2 heterocycles. The summed E-state index contributed by atoms with van der Waals surface area (Å²) in [7, 11) is 0. The number of hydrogen-bond donors (Lipinski definition) is 1. The Balaban J connectivity index is 1.46. The van der Waals surface area contributed by atoms with Gasteiger partial charge in [-0.05, 0) is 59.1 Å². The highest BCUT2D eigenvalue weighted by molar-refractivity contribution is 5.73. The van der Waals surface area contributed by atoms with Crippen molar-refractivity contribution in [1.29, 1.82) is 0 Å². The minimum absolute atomic E-state index is 0.624.